The van der Waals surface area contributed by atoms with Gasteiger partial charge < -0.3 is 35.6 Å². The van der Waals surface area contributed by atoms with Crippen LogP contribution in [-0.2, 0) is 44.7 Å². The number of nitrogens with zero attached hydrogens (tertiary/aromatic N) is 3. The number of nitrogens with one attached hydrogen (secondary N) is 1. The van der Waals surface area contributed by atoms with Crippen molar-refractivity contribution in [3.8, 4) is 5.75 Å². The molecule has 3 amide bonds. The molecular formula is C36H49N5O12. The Kier molecular flexibility index (Phi) is 11.7. The number of carbonyl (C=O) groups is 8. The number of fused-ring (bicyclic) bond motifs is 3. The zero-order chi connectivity index (χ0) is 39.9. The summed E-state index contributed by atoms with van der Waals surface area (Å²) in [6.07, 6.45) is 0.482. The molecule has 2 fully saturated rings. The lowest BCUT2D eigenvalue weighted by molar-refractivity contribution is -0.181. The largest absolute Gasteiger partial charge is 0.505 e. The fourth-order valence-corrected chi connectivity index (χ4v) is 7.67. The number of phenolic OH excluding ortho intramolecular Hbond substituents is 1. The number of aromatic hydroxyl groups is 1. The summed E-state index contributed by atoms with van der Waals surface area (Å²) in [4.78, 5) is 110. The van der Waals surface area contributed by atoms with Gasteiger partial charge in [-0.05, 0) is 71.7 Å². The SMILES string of the molecule is CCCCC(=O)OCOC(=O)N(CC(=O)Nc1cc(N(C)C)c2c(c1O)C(=O)C1C(=O)[C@]3(O)C(=O)C(C(N)=O)C(=O)[C@@H](N(C)C)[C@@H]3C[C@@H]1C2)C(C)(C)C. The number of Topliss-reactive ketones (excluding diaryl/α,β-unsaturated/α-hetero) is 4. The number of anilines is 2. The first-order valence-corrected chi connectivity index (χ1v) is 17.4. The third-order valence-corrected chi connectivity index (χ3v) is 10.3. The molecule has 17 nitrogen and oxygen atoms in total. The van der Waals surface area contributed by atoms with Gasteiger partial charge in [0.2, 0.25) is 18.6 Å². The second-order valence-electron chi connectivity index (χ2n) is 15.3. The van der Waals surface area contributed by atoms with Crippen LogP contribution < -0.4 is 16.0 Å². The van der Waals surface area contributed by atoms with Crippen molar-refractivity contribution < 1.29 is 58.0 Å². The molecule has 1 aromatic carbocycles. The Labute approximate surface area is 307 Å². The number of ether oxygens (including phenoxy) is 2. The number of hydrogen-bond acceptors (Lipinski definition) is 14. The van der Waals surface area contributed by atoms with E-state index in [2.05, 4.69) is 5.32 Å². The average Bonchev–Trinajstić information content (AvgIpc) is 3.04. The number of aliphatic hydroxyl groups is 1. The van der Waals surface area contributed by atoms with Crippen LogP contribution in [0.5, 0.6) is 5.75 Å². The van der Waals surface area contributed by atoms with Crippen LogP contribution >= 0.6 is 0 Å². The van der Waals surface area contributed by atoms with Crippen molar-refractivity contribution >= 4 is 58.4 Å². The van der Waals surface area contributed by atoms with E-state index in [9.17, 15) is 48.6 Å². The van der Waals surface area contributed by atoms with Crippen LogP contribution in [0.2, 0.25) is 0 Å². The van der Waals surface area contributed by atoms with Crippen LogP contribution in [0.1, 0.15) is 69.3 Å². The number of phenols is 1. The molecule has 0 saturated heterocycles. The fourth-order valence-electron chi connectivity index (χ4n) is 7.67. The minimum Gasteiger partial charge on any atom is -0.505 e. The van der Waals surface area contributed by atoms with Crippen molar-refractivity contribution in [3.05, 3.63) is 17.2 Å². The minimum absolute atomic E-state index is 0.0216. The number of primary amides is 1. The second-order valence-corrected chi connectivity index (χ2v) is 15.3. The van der Waals surface area contributed by atoms with Crippen molar-refractivity contribution in [2.45, 2.75) is 77.0 Å². The molecule has 1 aromatic rings. The van der Waals surface area contributed by atoms with Gasteiger partial charge in [-0.3, -0.25) is 43.4 Å². The first-order valence-electron chi connectivity index (χ1n) is 17.4. The number of carbonyl (C=O) groups excluding carboxylic acids is 8. The van der Waals surface area contributed by atoms with E-state index in [1.165, 1.54) is 25.1 Å². The standard InChI is InChI=1S/C36H49N5O12/c1-9-10-11-23(43)52-16-53-34(50)41(35(2,3)4)15-22(42)38-20-14-21(39(5)6)18-12-17-13-19-27(40(7)8)30(46)26(33(37)49)32(48)36(19,51)31(47)24(17)29(45)25(18)28(20)44/h14,17,19,24,26-27,44,51H,9-13,15-16H2,1-8H3,(H2,37,49)(H,38,42)/t17-,19-,24?,26?,27-,36-/m0/s1. The summed E-state index contributed by atoms with van der Waals surface area (Å²) in [5.41, 5.74) is 1.75. The van der Waals surface area contributed by atoms with Gasteiger partial charge in [-0.15, -0.1) is 0 Å². The van der Waals surface area contributed by atoms with Crippen LogP contribution in [0.4, 0.5) is 16.2 Å². The number of benzene rings is 1. The highest BCUT2D eigenvalue weighted by Crippen LogP contribution is 2.52. The highest BCUT2D eigenvalue weighted by Gasteiger charge is 2.69. The van der Waals surface area contributed by atoms with Crippen LogP contribution in [-0.4, -0.2) is 126 Å². The Morgan fingerprint density at radius 2 is 1.68 bits per heavy atom. The topological polar surface area (TPSA) is 243 Å². The lowest BCUT2D eigenvalue weighted by Crippen LogP contribution is -2.74. The van der Waals surface area contributed by atoms with Crippen LogP contribution in [0.3, 0.4) is 0 Å². The number of unbranched alkanes of at least 4 members (excludes halogenated alkanes) is 1. The predicted molar refractivity (Wildman–Crippen MR) is 188 cm³/mol. The maximum absolute atomic E-state index is 14.3. The van der Waals surface area contributed by atoms with Crippen molar-refractivity contribution in [1.29, 1.82) is 0 Å². The first kappa shape index (κ1) is 40.9. The van der Waals surface area contributed by atoms with E-state index < -0.39 is 107 Å². The molecule has 3 aliphatic rings. The quantitative estimate of drug-likeness (QED) is 0.106. The van der Waals surface area contributed by atoms with Crippen molar-refractivity contribution in [2.75, 3.05) is 51.7 Å². The molecule has 0 heterocycles. The van der Waals surface area contributed by atoms with E-state index in [0.717, 1.165) is 11.3 Å². The number of likely N-dealkylation sites (N-methyl/N-ethyl adjacent to an activating group) is 1. The van der Waals surface area contributed by atoms with E-state index in [1.54, 1.807) is 39.8 Å². The Morgan fingerprint density at radius 1 is 1.04 bits per heavy atom. The van der Waals surface area contributed by atoms with Gasteiger partial charge in [0.05, 0.1) is 23.2 Å². The molecule has 2 unspecified atom stereocenters. The Bertz CT molecular complexity index is 1730. The first-order chi connectivity index (χ1) is 24.6. The second kappa shape index (κ2) is 15.2. The molecule has 290 valence electrons. The predicted octanol–water partition coefficient (Wildman–Crippen LogP) is 0.800. The molecule has 4 rings (SSSR count). The molecule has 6 atom stereocenters. The highest BCUT2D eigenvalue weighted by molar-refractivity contribution is 6.32. The maximum Gasteiger partial charge on any atom is 0.413 e. The Morgan fingerprint density at radius 3 is 2.23 bits per heavy atom. The zero-order valence-corrected chi connectivity index (χ0v) is 31.3. The van der Waals surface area contributed by atoms with Gasteiger partial charge in [-0.25, -0.2) is 4.79 Å². The Balaban J connectivity index is 1.66. The molecule has 0 spiro atoms. The van der Waals surface area contributed by atoms with E-state index in [-0.39, 0.29) is 30.5 Å². The van der Waals surface area contributed by atoms with Gasteiger partial charge in [0.15, 0.2) is 34.7 Å². The number of amides is 3. The number of ketones is 4. The summed E-state index contributed by atoms with van der Waals surface area (Å²) in [5, 5.41) is 25.9. The lowest BCUT2D eigenvalue weighted by atomic mass is 9.52. The average molecular weight is 744 g/mol. The van der Waals surface area contributed by atoms with Gasteiger partial charge in [-0.2, -0.15) is 0 Å². The van der Waals surface area contributed by atoms with Gasteiger partial charge in [0, 0.05) is 37.7 Å². The molecular weight excluding hydrogens is 694 g/mol. The zero-order valence-electron chi connectivity index (χ0n) is 31.3. The molecule has 0 bridgehead atoms. The molecule has 53 heavy (non-hydrogen) atoms. The summed E-state index contributed by atoms with van der Waals surface area (Å²) >= 11 is 0. The summed E-state index contributed by atoms with van der Waals surface area (Å²) in [6.45, 7) is 5.59. The fraction of sp³-hybridized carbons (Fsp3) is 0.611. The van der Waals surface area contributed by atoms with Crippen LogP contribution in [0, 0.1) is 23.7 Å². The van der Waals surface area contributed by atoms with E-state index in [4.69, 9.17) is 15.2 Å². The summed E-state index contributed by atoms with van der Waals surface area (Å²) < 4.78 is 10.0. The molecule has 5 N–H and O–H groups in total. The van der Waals surface area contributed by atoms with Crippen molar-refractivity contribution in [3.63, 3.8) is 0 Å². The van der Waals surface area contributed by atoms with Gasteiger partial charge in [0.1, 0.15) is 12.3 Å². The minimum atomic E-state index is -2.89. The van der Waals surface area contributed by atoms with Crippen LogP contribution in [0.15, 0.2) is 6.07 Å². The molecule has 0 aliphatic heterocycles. The molecule has 0 aromatic heterocycles. The van der Waals surface area contributed by atoms with E-state index >= 15 is 0 Å². The van der Waals surface area contributed by atoms with E-state index in [0.29, 0.717) is 17.7 Å². The van der Waals surface area contributed by atoms with Gasteiger partial charge >= 0.3 is 12.1 Å². The van der Waals surface area contributed by atoms with Gasteiger partial charge in [0.25, 0.3) is 0 Å². The maximum atomic E-state index is 14.3. The van der Waals surface area contributed by atoms with Crippen LogP contribution in [0.25, 0.3) is 0 Å². The molecule has 2 saturated carbocycles. The highest BCUT2D eigenvalue weighted by atomic mass is 16.7. The normalized spacial score (nSPS) is 25.2. The Hall–Kier alpha value is -4.90. The molecule has 3 aliphatic carbocycles. The molecule has 0 radical (unpaired) electrons. The third kappa shape index (κ3) is 7.49. The summed E-state index contributed by atoms with van der Waals surface area (Å²) in [6, 6.07) is 0.200. The number of esters is 1. The summed E-state index contributed by atoms with van der Waals surface area (Å²) in [5.74, 6) is -13.5. The summed E-state index contributed by atoms with van der Waals surface area (Å²) in [7, 11) is 6.33. The number of rotatable bonds is 11. The van der Waals surface area contributed by atoms with Crippen molar-refractivity contribution in [1.82, 2.24) is 9.80 Å². The number of hydrogen-bond donors (Lipinski definition) is 4. The smallest absolute Gasteiger partial charge is 0.413 e. The monoisotopic (exact) mass is 743 g/mol. The number of nitrogens with two attached hydrogens (primary N) is 1. The van der Waals surface area contributed by atoms with E-state index in [1.807, 2.05) is 6.92 Å². The van der Waals surface area contributed by atoms with Crippen molar-refractivity contribution in [2.24, 2.45) is 29.4 Å². The van der Waals surface area contributed by atoms with Gasteiger partial charge in [-0.1, -0.05) is 13.3 Å². The third-order valence-electron chi connectivity index (χ3n) is 10.3. The molecule has 17 heteroatoms. The lowest BCUT2D eigenvalue weighted by Gasteiger charge is -2.52.